The van der Waals surface area contributed by atoms with Crippen molar-refractivity contribution in [3.05, 3.63) is 23.8 Å². The first-order chi connectivity index (χ1) is 8.34. The first-order valence-electron chi connectivity index (χ1n) is 6.01. The summed E-state index contributed by atoms with van der Waals surface area (Å²) < 4.78 is 10.8. The van der Waals surface area contributed by atoms with Crippen LogP contribution < -0.4 is 10.1 Å². The summed E-state index contributed by atoms with van der Waals surface area (Å²) in [5, 5.41) is 3.20. The second-order valence-corrected chi connectivity index (χ2v) is 4.50. The SMILES string of the molecule is O=C(OCC1CC1)c1cccc2c1OCCN2. The Balaban J connectivity index is 1.78. The molecule has 1 saturated carbocycles. The number of carbonyl (C=O) groups excluding carboxylic acids is 1. The van der Waals surface area contributed by atoms with Crippen LogP contribution in [0.15, 0.2) is 18.2 Å². The summed E-state index contributed by atoms with van der Waals surface area (Å²) in [4.78, 5) is 11.9. The number of ether oxygens (including phenoxy) is 2. The van der Waals surface area contributed by atoms with E-state index in [0.29, 0.717) is 30.4 Å². The molecule has 1 N–H and O–H groups in total. The Morgan fingerprint density at radius 2 is 2.35 bits per heavy atom. The number of hydrogen-bond donors (Lipinski definition) is 1. The molecule has 0 amide bonds. The van der Waals surface area contributed by atoms with Gasteiger partial charge in [-0.15, -0.1) is 0 Å². The van der Waals surface area contributed by atoms with Crippen LogP contribution >= 0.6 is 0 Å². The number of rotatable bonds is 3. The molecule has 4 nitrogen and oxygen atoms in total. The molecule has 1 aromatic carbocycles. The number of esters is 1. The lowest BCUT2D eigenvalue weighted by Gasteiger charge is -2.21. The van der Waals surface area contributed by atoms with Gasteiger partial charge < -0.3 is 14.8 Å². The van der Waals surface area contributed by atoms with Gasteiger partial charge in [-0.05, 0) is 30.9 Å². The van der Waals surface area contributed by atoms with Crippen LogP contribution in [0.2, 0.25) is 0 Å². The zero-order chi connectivity index (χ0) is 11.7. The molecule has 0 aromatic heterocycles. The van der Waals surface area contributed by atoms with Crippen LogP contribution in [0.5, 0.6) is 5.75 Å². The molecule has 4 heteroatoms. The van der Waals surface area contributed by atoms with Gasteiger partial charge in [-0.2, -0.15) is 0 Å². The Labute approximate surface area is 99.9 Å². The Hall–Kier alpha value is -1.71. The van der Waals surface area contributed by atoms with Crippen LogP contribution in [-0.2, 0) is 4.74 Å². The smallest absolute Gasteiger partial charge is 0.342 e. The molecule has 2 aliphatic rings. The topological polar surface area (TPSA) is 47.6 Å². The summed E-state index contributed by atoms with van der Waals surface area (Å²) in [7, 11) is 0. The van der Waals surface area contributed by atoms with Gasteiger partial charge in [-0.1, -0.05) is 6.07 Å². The fourth-order valence-corrected chi connectivity index (χ4v) is 1.89. The number of fused-ring (bicyclic) bond motifs is 1. The zero-order valence-corrected chi connectivity index (χ0v) is 9.57. The predicted molar refractivity (Wildman–Crippen MR) is 63.4 cm³/mol. The number of hydrogen-bond acceptors (Lipinski definition) is 4. The van der Waals surface area contributed by atoms with E-state index in [-0.39, 0.29) is 5.97 Å². The minimum absolute atomic E-state index is 0.280. The van der Waals surface area contributed by atoms with Crippen molar-refractivity contribution in [1.29, 1.82) is 0 Å². The summed E-state index contributed by atoms with van der Waals surface area (Å²) in [6.07, 6.45) is 2.36. The third-order valence-electron chi connectivity index (χ3n) is 3.05. The molecule has 1 heterocycles. The van der Waals surface area contributed by atoms with E-state index in [0.717, 1.165) is 12.2 Å². The van der Waals surface area contributed by atoms with Crippen LogP contribution in [0.3, 0.4) is 0 Å². The molecule has 0 radical (unpaired) electrons. The van der Waals surface area contributed by atoms with E-state index in [2.05, 4.69) is 5.32 Å². The van der Waals surface area contributed by atoms with Crippen molar-refractivity contribution in [2.45, 2.75) is 12.8 Å². The second kappa shape index (κ2) is 4.28. The molecule has 1 aliphatic carbocycles. The van der Waals surface area contributed by atoms with Gasteiger partial charge in [-0.3, -0.25) is 0 Å². The van der Waals surface area contributed by atoms with E-state index >= 15 is 0 Å². The van der Waals surface area contributed by atoms with Crippen molar-refractivity contribution in [1.82, 2.24) is 0 Å². The van der Waals surface area contributed by atoms with Crippen molar-refractivity contribution < 1.29 is 14.3 Å². The van der Waals surface area contributed by atoms with Gasteiger partial charge in [-0.25, -0.2) is 4.79 Å². The predicted octanol–water partition coefficient (Wildman–Crippen LogP) is 2.06. The number of anilines is 1. The molecule has 1 aliphatic heterocycles. The van der Waals surface area contributed by atoms with E-state index < -0.39 is 0 Å². The highest BCUT2D eigenvalue weighted by molar-refractivity contribution is 5.95. The zero-order valence-electron chi connectivity index (χ0n) is 9.57. The molecule has 0 bridgehead atoms. The molecule has 0 atom stereocenters. The van der Waals surface area contributed by atoms with Crippen molar-refractivity contribution in [2.75, 3.05) is 25.1 Å². The maximum atomic E-state index is 11.9. The number of benzene rings is 1. The molecular weight excluding hydrogens is 218 g/mol. The lowest BCUT2D eigenvalue weighted by molar-refractivity contribution is 0.0481. The molecule has 17 heavy (non-hydrogen) atoms. The van der Waals surface area contributed by atoms with E-state index in [1.165, 1.54) is 12.8 Å². The van der Waals surface area contributed by atoms with Gasteiger partial charge in [0.15, 0.2) is 5.75 Å². The summed E-state index contributed by atoms with van der Waals surface area (Å²) in [5.74, 6) is 0.925. The van der Waals surface area contributed by atoms with Gasteiger partial charge in [0.25, 0.3) is 0 Å². The fourth-order valence-electron chi connectivity index (χ4n) is 1.89. The van der Waals surface area contributed by atoms with Gasteiger partial charge in [0.2, 0.25) is 0 Å². The van der Waals surface area contributed by atoms with Gasteiger partial charge in [0.1, 0.15) is 12.2 Å². The number of para-hydroxylation sites is 1. The molecule has 3 rings (SSSR count). The summed E-state index contributed by atoms with van der Waals surface area (Å²) in [5.41, 5.74) is 1.40. The van der Waals surface area contributed by atoms with Crippen LogP contribution in [-0.4, -0.2) is 25.7 Å². The van der Waals surface area contributed by atoms with Crippen LogP contribution in [0.1, 0.15) is 23.2 Å². The van der Waals surface area contributed by atoms with E-state index in [9.17, 15) is 4.79 Å². The van der Waals surface area contributed by atoms with Gasteiger partial charge in [0.05, 0.1) is 12.3 Å². The van der Waals surface area contributed by atoms with Crippen LogP contribution in [0.4, 0.5) is 5.69 Å². The van der Waals surface area contributed by atoms with Crippen molar-refractivity contribution in [3.63, 3.8) is 0 Å². The largest absolute Gasteiger partial charge is 0.489 e. The van der Waals surface area contributed by atoms with Crippen LogP contribution in [0, 0.1) is 5.92 Å². The first-order valence-corrected chi connectivity index (χ1v) is 6.01. The Kier molecular flexibility index (Phi) is 2.63. The van der Waals surface area contributed by atoms with E-state index in [1.54, 1.807) is 6.07 Å². The molecule has 0 unspecified atom stereocenters. The highest BCUT2D eigenvalue weighted by Crippen LogP contribution is 2.33. The van der Waals surface area contributed by atoms with Gasteiger partial charge in [0, 0.05) is 6.54 Å². The van der Waals surface area contributed by atoms with Crippen LogP contribution in [0.25, 0.3) is 0 Å². The monoisotopic (exact) mass is 233 g/mol. The Morgan fingerprint density at radius 1 is 1.47 bits per heavy atom. The third-order valence-corrected chi connectivity index (χ3v) is 3.05. The first kappa shape index (κ1) is 10.4. The lowest BCUT2D eigenvalue weighted by Crippen LogP contribution is -2.20. The molecule has 90 valence electrons. The average Bonchev–Trinajstić information content (AvgIpc) is 3.19. The Morgan fingerprint density at radius 3 is 3.18 bits per heavy atom. The molecular formula is C13H15NO3. The highest BCUT2D eigenvalue weighted by Gasteiger charge is 2.25. The summed E-state index contributed by atoms with van der Waals surface area (Å²) >= 11 is 0. The quantitative estimate of drug-likeness (QED) is 0.812. The van der Waals surface area contributed by atoms with E-state index in [1.807, 2.05) is 12.1 Å². The number of nitrogens with one attached hydrogen (secondary N) is 1. The fraction of sp³-hybridized carbons (Fsp3) is 0.462. The normalized spacial score (nSPS) is 17.6. The summed E-state index contributed by atoms with van der Waals surface area (Å²) in [6.45, 7) is 1.89. The van der Waals surface area contributed by atoms with Crippen molar-refractivity contribution in [2.24, 2.45) is 5.92 Å². The lowest BCUT2D eigenvalue weighted by atomic mass is 10.1. The molecule has 1 aromatic rings. The maximum Gasteiger partial charge on any atom is 0.342 e. The molecule has 0 spiro atoms. The molecule has 1 fully saturated rings. The maximum absolute atomic E-state index is 11.9. The molecule has 0 saturated heterocycles. The standard InChI is InChI=1S/C13H15NO3/c15-13(17-8-9-4-5-9)10-2-1-3-11-12(10)16-7-6-14-11/h1-3,9,14H,4-8H2. The van der Waals surface area contributed by atoms with Crippen molar-refractivity contribution >= 4 is 11.7 Å². The Bertz CT molecular complexity index is 440. The minimum atomic E-state index is -0.280. The van der Waals surface area contributed by atoms with Gasteiger partial charge >= 0.3 is 5.97 Å². The number of carbonyl (C=O) groups is 1. The van der Waals surface area contributed by atoms with Crippen molar-refractivity contribution in [3.8, 4) is 5.75 Å². The average molecular weight is 233 g/mol. The third kappa shape index (κ3) is 2.20. The van der Waals surface area contributed by atoms with E-state index in [4.69, 9.17) is 9.47 Å². The highest BCUT2D eigenvalue weighted by atomic mass is 16.5. The summed E-state index contributed by atoms with van der Waals surface area (Å²) in [6, 6.07) is 5.50. The second-order valence-electron chi connectivity index (χ2n) is 4.50. The minimum Gasteiger partial charge on any atom is -0.489 e.